The lowest BCUT2D eigenvalue weighted by Gasteiger charge is -2.07. The van der Waals surface area contributed by atoms with Gasteiger partial charge in [-0.05, 0) is 54.7 Å². The molecule has 1 N–H and O–H groups in total. The van der Waals surface area contributed by atoms with Crippen molar-refractivity contribution in [2.75, 3.05) is 18.7 Å². The number of carbonyl (C=O) groups is 2. The first kappa shape index (κ1) is 17.6. The highest BCUT2D eigenvalue weighted by molar-refractivity contribution is 5.93. The fourth-order valence-electron chi connectivity index (χ4n) is 3.81. The number of aryl methyl sites for hydroxylation is 2. The number of nitrogens with one attached hydrogen (secondary N) is 1. The minimum atomic E-state index is -0.478. The van der Waals surface area contributed by atoms with E-state index in [1.807, 2.05) is 0 Å². The normalized spacial score (nSPS) is 14.1. The molecule has 0 fully saturated rings. The molecule has 7 nitrogen and oxygen atoms in total. The third-order valence-electron chi connectivity index (χ3n) is 5.22. The molecule has 0 radical (unpaired) electrons. The van der Waals surface area contributed by atoms with Crippen LogP contribution in [0.5, 0.6) is 11.5 Å². The molecule has 0 atom stereocenters. The Hall–Kier alpha value is -3.48. The van der Waals surface area contributed by atoms with Gasteiger partial charge in [-0.15, -0.1) is 0 Å². The van der Waals surface area contributed by atoms with E-state index in [0.717, 1.165) is 35.8 Å². The predicted octanol–water partition coefficient (Wildman–Crippen LogP) is 3.37. The highest BCUT2D eigenvalue weighted by atomic mass is 16.7. The quantitative estimate of drug-likeness (QED) is 0.669. The first-order valence-electron chi connectivity index (χ1n) is 9.53. The summed E-state index contributed by atoms with van der Waals surface area (Å²) in [6.45, 7) is -0.200. The van der Waals surface area contributed by atoms with Crippen LogP contribution >= 0.6 is 0 Å². The standard InChI is InChI=1S/C22H19NO6/c24-21(23-16-4-5-18-20(9-16)29-12-28-18)11-27-22(25)8-15-10-26-19-7-14-3-1-2-13(14)6-17(15)19/h4-7,9-10H,1-3,8,11-12H2,(H,23,24). The van der Waals surface area contributed by atoms with Crippen LogP contribution < -0.4 is 14.8 Å². The lowest BCUT2D eigenvalue weighted by atomic mass is 10.0. The molecule has 1 aliphatic carbocycles. The molecule has 2 aromatic carbocycles. The number of benzene rings is 2. The number of ether oxygens (including phenoxy) is 3. The van der Waals surface area contributed by atoms with Gasteiger partial charge in [-0.25, -0.2) is 0 Å². The second-order valence-corrected chi connectivity index (χ2v) is 7.19. The molecule has 2 heterocycles. The van der Waals surface area contributed by atoms with Crippen LogP contribution in [-0.4, -0.2) is 25.3 Å². The van der Waals surface area contributed by atoms with Crippen molar-refractivity contribution in [1.29, 1.82) is 0 Å². The number of hydrogen-bond acceptors (Lipinski definition) is 6. The average molecular weight is 393 g/mol. The van der Waals surface area contributed by atoms with Gasteiger partial charge in [0.2, 0.25) is 6.79 Å². The summed E-state index contributed by atoms with van der Waals surface area (Å²) < 4.78 is 21.2. The molecule has 0 saturated carbocycles. The zero-order valence-corrected chi connectivity index (χ0v) is 15.7. The first-order chi connectivity index (χ1) is 14.2. The summed E-state index contributed by atoms with van der Waals surface area (Å²) in [7, 11) is 0. The fourth-order valence-corrected chi connectivity index (χ4v) is 3.81. The largest absolute Gasteiger partial charge is 0.464 e. The topological polar surface area (TPSA) is 87.0 Å². The molecule has 0 unspecified atom stereocenters. The highest BCUT2D eigenvalue weighted by Gasteiger charge is 2.18. The van der Waals surface area contributed by atoms with Crippen LogP contribution in [0.1, 0.15) is 23.1 Å². The number of furan rings is 1. The van der Waals surface area contributed by atoms with Crippen molar-refractivity contribution in [3.05, 3.63) is 53.3 Å². The van der Waals surface area contributed by atoms with Crippen LogP contribution in [0.15, 0.2) is 41.0 Å². The van der Waals surface area contributed by atoms with Gasteiger partial charge in [0.25, 0.3) is 5.91 Å². The third-order valence-corrected chi connectivity index (χ3v) is 5.22. The molecule has 148 valence electrons. The van der Waals surface area contributed by atoms with Crippen molar-refractivity contribution < 1.29 is 28.2 Å². The average Bonchev–Trinajstić information content (AvgIpc) is 3.44. The first-order valence-corrected chi connectivity index (χ1v) is 9.53. The van der Waals surface area contributed by atoms with Gasteiger partial charge in [0.1, 0.15) is 5.58 Å². The lowest BCUT2D eigenvalue weighted by Crippen LogP contribution is -2.21. The van der Waals surface area contributed by atoms with Gasteiger partial charge < -0.3 is 23.9 Å². The summed E-state index contributed by atoms with van der Waals surface area (Å²) in [4.78, 5) is 24.3. The summed E-state index contributed by atoms with van der Waals surface area (Å²) in [5.41, 5.74) is 4.74. The van der Waals surface area contributed by atoms with Gasteiger partial charge in [0, 0.05) is 22.7 Å². The SMILES string of the molecule is O=C(COC(=O)Cc1coc2cc3c(cc12)CCC3)Nc1ccc2c(c1)OCO2. The van der Waals surface area contributed by atoms with E-state index in [4.69, 9.17) is 18.6 Å². The molecule has 1 amide bonds. The molecule has 2 aliphatic rings. The van der Waals surface area contributed by atoms with E-state index in [-0.39, 0.29) is 19.8 Å². The van der Waals surface area contributed by atoms with E-state index in [9.17, 15) is 9.59 Å². The van der Waals surface area contributed by atoms with Crippen molar-refractivity contribution in [2.24, 2.45) is 0 Å². The Labute approximate surface area is 166 Å². The number of fused-ring (bicyclic) bond motifs is 3. The van der Waals surface area contributed by atoms with E-state index in [1.54, 1.807) is 24.5 Å². The molecule has 3 aromatic rings. The molecule has 0 bridgehead atoms. The van der Waals surface area contributed by atoms with Gasteiger partial charge in [0.15, 0.2) is 18.1 Å². The third kappa shape index (κ3) is 3.51. The maximum absolute atomic E-state index is 12.2. The van der Waals surface area contributed by atoms with Gasteiger partial charge in [-0.3, -0.25) is 9.59 Å². The number of anilines is 1. The smallest absolute Gasteiger partial charge is 0.310 e. The van der Waals surface area contributed by atoms with E-state index in [1.165, 1.54) is 11.1 Å². The number of hydrogen-bond donors (Lipinski definition) is 1. The number of rotatable bonds is 5. The zero-order valence-electron chi connectivity index (χ0n) is 15.7. The molecule has 1 aromatic heterocycles. The molecule has 1 aliphatic heterocycles. The maximum atomic E-state index is 12.2. The summed E-state index contributed by atoms with van der Waals surface area (Å²) in [6.07, 6.45) is 4.93. The van der Waals surface area contributed by atoms with E-state index < -0.39 is 11.9 Å². The lowest BCUT2D eigenvalue weighted by molar-refractivity contribution is -0.146. The van der Waals surface area contributed by atoms with Crippen LogP contribution in [0.25, 0.3) is 11.0 Å². The van der Waals surface area contributed by atoms with Gasteiger partial charge in [-0.2, -0.15) is 0 Å². The van der Waals surface area contributed by atoms with Gasteiger partial charge in [0.05, 0.1) is 12.7 Å². The van der Waals surface area contributed by atoms with Crippen molar-refractivity contribution in [3.63, 3.8) is 0 Å². The molecule has 0 saturated heterocycles. The Balaban J connectivity index is 1.18. The summed E-state index contributed by atoms with van der Waals surface area (Å²) in [5.74, 6) is 0.298. The van der Waals surface area contributed by atoms with Crippen LogP contribution in [-0.2, 0) is 33.6 Å². The summed E-state index contributed by atoms with van der Waals surface area (Å²) >= 11 is 0. The van der Waals surface area contributed by atoms with Gasteiger partial charge >= 0.3 is 5.97 Å². The van der Waals surface area contributed by atoms with Gasteiger partial charge in [-0.1, -0.05) is 0 Å². The van der Waals surface area contributed by atoms with Crippen LogP contribution in [0.4, 0.5) is 5.69 Å². The zero-order chi connectivity index (χ0) is 19.8. The molecule has 29 heavy (non-hydrogen) atoms. The van der Waals surface area contributed by atoms with Crippen molar-refractivity contribution in [2.45, 2.75) is 25.7 Å². The van der Waals surface area contributed by atoms with E-state index >= 15 is 0 Å². The Morgan fingerprint density at radius 1 is 1.03 bits per heavy atom. The van der Waals surface area contributed by atoms with Crippen LogP contribution in [0.3, 0.4) is 0 Å². The summed E-state index contributed by atoms with van der Waals surface area (Å²) in [6, 6.07) is 9.24. The maximum Gasteiger partial charge on any atom is 0.310 e. The summed E-state index contributed by atoms with van der Waals surface area (Å²) in [5, 5.41) is 3.61. The Morgan fingerprint density at radius 3 is 2.76 bits per heavy atom. The molecular formula is C22H19NO6. The number of amides is 1. The van der Waals surface area contributed by atoms with Crippen molar-refractivity contribution in [3.8, 4) is 11.5 Å². The van der Waals surface area contributed by atoms with Crippen molar-refractivity contribution >= 4 is 28.5 Å². The predicted molar refractivity (Wildman–Crippen MR) is 104 cm³/mol. The Bertz CT molecular complexity index is 1120. The van der Waals surface area contributed by atoms with Crippen LogP contribution in [0, 0.1) is 0 Å². The fraction of sp³-hybridized carbons (Fsp3) is 0.273. The number of esters is 1. The van der Waals surface area contributed by atoms with E-state index in [2.05, 4.69) is 17.4 Å². The highest BCUT2D eigenvalue weighted by Crippen LogP contribution is 2.34. The molecule has 5 rings (SSSR count). The minimum absolute atomic E-state index is 0.0586. The van der Waals surface area contributed by atoms with E-state index in [0.29, 0.717) is 17.2 Å². The number of carbonyl (C=O) groups excluding carboxylic acids is 2. The van der Waals surface area contributed by atoms with Crippen LogP contribution in [0.2, 0.25) is 0 Å². The van der Waals surface area contributed by atoms with Crippen molar-refractivity contribution in [1.82, 2.24) is 0 Å². The second kappa shape index (κ2) is 7.16. The molecular weight excluding hydrogens is 374 g/mol. The Morgan fingerprint density at radius 2 is 1.86 bits per heavy atom. The minimum Gasteiger partial charge on any atom is -0.464 e. The molecule has 0 spiro atoms. The Kier molecular flexibility index (Phi) is 4.35. The second-order valence-electron chi connectivity index (χ2n) is 7.19. The monoisotopic (exact) mass is 393 g/mol. The molecule has 7 heteroatoms.